The molecule has 0 aliphatic carbocycles. The van der Waals surface area contributed by atoms with E-state index in [0.717, 1.165) is 6.07 Å². The third kappa shape index (κ3) is 4.63. The summed E-state index contributed by atoms with van der Waals surface area (Å²) in [6.45, 7) is 5.84. The Morgan fingerprint density at radius 2 is 2.00 bits per heavy atom. The molecular weight excluding hydrogens is 299 g/mol. The summed E-state index contributed by atoms with van der Waals surface area (Å²) in [6.07, 6.45) is 1.28. The Hall–Kier alpha value is -2.72. The molecule has 6 nitrogen and oxygen atoms in total. The van der Waals surface area contributed by atoms with E-state index in [1.165, 1.54) is 18.2 Å². The largest absolute Gasteiger partial charge is 0.337 e. The van der Waals surface area contributed by atoms with Crippen molar-refractivity contribution in [2.45, 2.75) is 0 Å². The Balaban J connectivity index is 1.87. The van der Waals surface area contributed by atoms with Crippen LogP contribution in [0, 0.1) is 17.1 Å². The van der Waals surface area contributed by atoms with E-state index in [2.05, 4.69) is 11.9 Å². The van der Waals surface area contributed by atoms with Crippen LogP contribution in [0.3, 0.4) is 0 Å². The van der Waals surface area contributed by atoms with E-state index in [-0.39, 0.29) is 29.6 Å². The van der Waals surface area contributed by atoms with Gasteiger partial charge < -0.3 is 10.2 Å². The van der Waals surface area contributed by atoms with Crippen molar-refractivity contribution in [1.82, 2.24) is 9.80 Å². The van der Waals surface area contributed by atoms with Gasteiger partial charge in [-0.25, -0.2) is 4.39 Å². The standard InChI is InChI=1S/C16H17FN4O2/c1-2-16(23)21-5-3-20(4-6-21)11-15(22)19-14-8-12(10-18)7-13(17)9-14/h2,7-9H,1,3-6,11H2,(H,19,22). The van der Waals surface area contributed by atoms with Gasteiger partial charge >= 0.3 is 0 Å². The number of piperazine rings is 1. The number of nitrogens with one attached hydrogen (secondary N) is 1. The maximum absolute atomic E-state index is 13.3. The van der Waals surface area contributed by atoms with E-state index in [1.54, 1.807) is 4.90 Å². The van der Waals surface area contributed by atoms with Gasteiger partial charge in [-0.2, -0.15) is 5.26 Å². The number of nitriles is 1. The molecule has 0 aromatic heterocycles. The number of carbonyl (C=O) groups is 2. The minimum absolute atomic E-state index is 0.113. The summed E-state index contributed by atoms with van der Waals surface area (Å²) in [5.41, 5.74) is 0.406. The van der Waals surface area contributed by atoms with Crippen molar-refractivity contribution in [3.05, 3.63) is 42.2 Å². The number of benzene rings is 1. The van der Waals surface area contributed by atoms with Crippen LogP contribution in [-0.2, 0) is 9.59 Å². The first-order valence-corrected chi connectivity index (χ1v) is 7.16. The van der Waals surface area contributed by atoms with Crippen molar-refractivity contribution >= 4 is 17.5 Å². The van der Waals surface area contributed by atoms with E-state index in [4.69, 9.17) is 5.26 Å². The Bertz CT molecular complexity index is 661. The van der Waals surface area contributed by atoms with Gasteiger partial charge in [-0.15, -0.1) is 0 Å². The molecule has 0 bridgehead atoms. The first-order valence-electron chi connectivity index (χ1n) is 7.16. The molecule has 0 unspecified atom stereocenters. The molecule has 0 saturated carbocycles. The predicted molar refractivity (Wildman–Crippen MR) is 83.0 cm³/mol. The Morgan fingerprint density at radius 1 is 1.30 bits per heavy atom. The number of carbonyl (C=O) groups excluding carboxylic acids is 2. The number of amides is 2. The van der Waals surface area contributed by atoms with Crippen LogP contribution in [0.25, 0.3) is 0 Å². The smallest absolute Gasteiger partial charge is 0.246 e. The molecule has 2 rings (SSSR count). The predicted octanol–water partition coefficient (Wildman–Crippen LogP) is 0.966. The molecular formula is C16H17FN4O2. The second-order valence-electron chi connectivity index (χ2n) is 5.19. The molecule has 23 heavy (non-hydrogen) atoms. The average molecular weight is 316 g/mol. The maximum Gasteiger partial charge on any atom is 0.246 e. The van der Waals surface area contributed by atoms with Crippen LogP contribution < -0.4 is 5.32 Å². The van der Waals surface area contributed by atoms with Gasteiger partial charge in [-0.3, -0.25) is 14.5 Å². The molecule has 0 atom stereocenters. The van der Waals surface area contributed by atoms with Crippen LogP contribution in [0.4, 0.5) is 10.1 Å². The van der Waals surface area contributed by atoms with Crippen molar-refractivity contribution in [3.8, 4) is 6.07 Å². The fraction of sp³-hybridized carbons (Fsp3) is 0.312. The first-order chi connectivity index (χ1) is 11.0. The van der Waals surface area contributed by atoms with Gasteiger partial charge in [0.05, 0.1) is 18.2 Å². The molecule has 0 radical (unpaired) electrons. The molecule has 7 heteroatoms. The Morgan fingerprint density at radius 3 is 2.61 bits per heavy atom. The van der Waals surface area contributed by atoms with Gasteiger partial charge in [0.1, 0.15) is 5.82 Å². The van der Waals surface area contributed by atoms with Crippen LogP contribution >= 0.6 is 0 Å². The highest BCUT2D eigenvalue weighted by atomic mass is 19.1. The fourth-order valence-electron chi connectivity index (χ4n) is 2.39. The zero-order valence-corrected chi connectivity index (χ0v) is 12.6. The van der Waals surface area contributed by atoms with Crippen LogP contribution in [0.2, 0.25) is 0 Å². The normalized spacial score (nSPS) is 14.9. The van der Waals surface area contributed by atoms with Gasteiger partial charge in [-0.05, 0) is 24.3 Å². The zero-order valence-electron chi connectivity index (χ0n) is 12.6. The molecule has 120 valence electrons. The van der Waals surface area contributed by atoms with Gasteiger partial charge in [0, 0.05) is 31.9 Å². The van der Waals surface area contributed by atoms with Crippen molar-refractivity contribution in [1.29, 1.82) is 5.26 Å². The average Bonchev–Trinajstić information content (AvgIpc) is 2.54. The van der Waals surface area contributed by atoms with Gasteiger partial charge in [-0.1, -0.05) is 6.58 Å². The number of anilines is 1. The van der Waals surface area contributed by atoms with Crippen LogP contribution in [-0.4, -0.2) is 54.3 Å². The molecule has 1 aromatic rings. The van der Waals surface area contributed by atoms with E-state index < -0.39 is 5.82 Å². The quantitative estimate of drug-likeness (QED) is 0.840. The van der Waals surface area contributed by atoms with E-state index in [1.807, 2.05) is 11.0 Å². The lowest BCUT2D eigenvalue weighted by atomic mass is 10.2. The molecule has 1 aromatic carbocycles. The molecule has 1 fully saturated rings. The van der Waals surface area contributed by atoms with E-state index in [9.17, 15) is 14.0 Å². The summed E-state index contributed by atoms with van der Waals surface area (Å²) in [5, 5.41) is 11.4. The fourth-order valence-corrected chi connectivity index (χ4v) is 2.39. The molecule has 1 saturated heterocycles. The number of halogens is 1. The summed E-state index contributed by atoms with van der Waals surface area (Å²) in [5.74, 6) is -0.975. The highest BCUT2D eigenvalue weighted by Gasteiger charge is 2.21. The highest BCUT2D eigenvalue weighted by Crippen LogP contribution is 2.13. The maximum atomic E-state index is 13.3. The van der Waals surface area contributed by atoms with E-state index in [0.29, 0.717) is 26.2 Å². The van der Waals surface area contributed by atoms with Crippen molar-refractivity contribution < 1.29 is 14.0 Å². The van der Waals surface area contributed by atoms with Crippen molar-refractivity contribution in [2.24, 2.45) is 0 Å². The minimum Gasteiger partial charge on any atom is -0.337 e. The Kier molecular flexibility index (Phi) is 5.44. The lowest BCUT2D eigenvalue weighted by molar-refractivity contribution is -0.128. The second-order valence-corrected chi connectivity index (χ2v) is 5.19. The van der Waals surface area contributed by atoms with Crippen molar-refractivity contribution in [3.63, 3.8) is 0 Å². The molecule has 1 aliphatic rings. The summed E-state index contributed by atoms with van der Waals surface area (Å²) < 4.78 is 13.3. The number of nitrogens with zero attached hydrogens (tertiary/aromatic N) is 3. The monoisotopic (exact) mass is 316 g/mol. The first kappa shape index (κ1) is 16.6. The number of rotatable bonds is 4. The van der Waals surface area contributed by atoms with Crippen LogP contribution in [0.1, 0.15) is 5.56 Å². The lowest BCUT2D eigenvalue weighted by Gasteiger charge is -2.33. The molecule has 1 heterocycles. The number of hydrogen-bond donors (Lipinski definition) is 1. The summed E-state index contributed by atoms with van der Waals surface area (Å²) in [4.78, 5) is 27.1. The van der Waals surface area contributed by atoms with Crippen molar-refractivity contribution in [2.75, 3.05) is 38.0 Å². The summed E-state index contributed by atoms with van der Waals surface area (Å²) in [7, 11) is 0. The van der Waals surface area contributed by atoms with Gasteiger partial charge in [0.15, 0.2) is 0 Å². The molecule has 1 aliphatic heterocycles. The zero-order chi connectivity index (χ0) is 16.8. The molecule has 2 amide bonds. The number of hydrogen-bond acceptors (Lipinski definition) is 4. The third-order valence-corrected chi connectivity index (χ3v) is 3.54. The van der Waals surface area contributed by atoms with Gasteiger partial charge in [0.2, 0.25) is 11.8 Å². The minimum atomic E-state index is -0.573. The van der Waals surface area contributed by atoms with E-state index >= 15 is 0 Å². The van der Waals surface area contributed by atoms with Crippen LogP contribution in [0.15, 0.2) is 30.9 Å². The SMILES string of the molecule is C=CC(=O)N1CCN(CC(=O)Nc2cc(F)cc(C#N)c2)CC1. The third-order valence-electron chi connectivity index (χ3n) is 3.54. The van der Waals surface area contributed by atoms with Crippen LogP contribution in [0.5, 0.6) is 0 Å². The van der Waals surface area contributed by atoms with Gasteiger partial charge in [0.25, 0.3) is 0 Å². The topological polar surface area (TPSA) is 76.4 Å². The summed E-state index contributed by atoms with van der Waals surface area (Å²) >= 11 is 0. The lowest BCUT2D eigenvalue weighted by Crippen LogP contribution is -2.50. The molecule has 1 N–H and O–H groups in total. The highest BCUT2D eigenvalue weighted by molar-refractivity contribution is 5.92. The Labute approximate surface area is 133 Å². The molecule has 0 spiro atoms. The second kappa shape index (κ2) is 7.51. The summed E-state index contributed by atoms with van der Waals surface area (Å²) in [6, 6.07) is 5.52.